The van der Waals surface area contributed by atoms with Crippen molar-refractivity contribution in [1.82, 2.24) is 20.9 Å². The minimum absolute atomic E-state index is 0.161. The summed E-state index contributed by atoms with van der Waals surface area (Å²) in [6.45, 7) is 1.80. The topological polar surface area (TPSA) is 100 Å². The second-order valence-corrected chi connectivity index (χ2v) is 3.52. The number of methoxy groups -OCH3 is 1. The largest absolute Gasteiger partial charge is 0.462 e. The molecule has 0 saturated heterocycles. The molecule has 0 aromatic rings. The van der Waals surface area contributed by atoms with Crippen LogP contribution in [0.15, 0.2) is 23.8 Å². The van der Waals surface area contributed by atoms with E-state index in [0.717, 1.165) is 10.0 Å². The van der Waals surface area contributed by atoms with E-state index in [1.54, 1.807) is 6.92 Å². The number of hydrogen-bond donors (Lipinski definition) is 2. The van der Waals surface area contributed by atoms with Crippen LogP contribution in [0.3, 0.4) is 0 Å². The average Bonchev–Trinajstić information content (AvgIpc) is 2.83. The van der Waals surface area contributed by atoms with Crippen molar-refractivity contribution in [1.29, 1.82) is 0 Å². The zero-order valence-electron chi connectivity index (χ0n) is 10.3. The number of amides is 2. The molecule has 2 heterocycles. The fourth-order valence-electron chi connectivity index (χ4n) is 1.50. The van der Waals surface area contributed by atoms with Crippen LogP contribution in [-0.4, -0.2) is 41.7 Å². The highest BCUT2D eigenvalue weighted by Crippen LogP contribution is 2.18. The minimum Gasteiger partial charge on any atom is -0.462 e. The lowest BCUT2D eigenvalue weighted by Crippen LogP contribution is -2.50. The van der Waals surface area contributed by atoms with Crippen LogP contribution in [0.2, 0.25) is 0 Å². The smallest absolute Gasteiger partial charge is 0.429 e. The summed E-state index contributed by atoms with van der Waals surface area (Å²) in [5, 5.41) is 4.66. The molecular formula is C10H12N4O5. The Morgan fingerprint density at radius 1 is 1.42 bits per heavy atom. The second-order valence-electron chi connectivity index (χ2n) is 3.52. The monoisotopic (exact) mass is 268 g/mol. The highest BCUT2D eigenvalue weighted by Gasteiger charge is 2.37. The first-order valence-electron chi connectivity index (χ1n) is 5.42. The summed E-state index contributed by atoms with van der Waals surface area (Å²) in [6, 6.07) is 0. The van der Waals surface area contributed by atoms with Crippen LogP contribution in [0, 0.1) is 0 Å². The van der Waals surface area contributed by atoms with E-state index in [-0.39, 0.29) is 12.2 Å². The minimum atomic E-state index is -0.739. The number of nitrogens with one attached hydrogen (secondary N) is 2. The number of esters is 1. The lowest BCUT2D eigenvalue weighted by molar-refractivity contribution is -0.143. The first-order chi connectivity index (χ1) is 9.08. The third kappa shape index (κ3) is 2.22. The SMILES string of the molecule is CCOC(=O)C1=CNC2=CN(C(=O)OC)NN2C1=O. The van der Waals surface area contributed by atoms with Gasteiger partial charge in [0.1, 0.15) is 11.4 Å². The lowest BCUT2D eigenvalue weighted by Gasteiger charge is -2.25. The fraction of sp³-hybridized carbons (Fsp3) is 0.300. The van der Waals surface area contributed by atoms with Crippen molar-refractivity contribution >= 4 is 18.0 Å². The van der Waals surface area contributed by atoms with Crippen LogP contribution >= 0.6 is 0 Å². The van der Waals surface area contributed by atoms with Crippen molar-refractivity contribution in [3.63, 3.8) is 0 Å². The molecule has 9 heteroatoms. The molecule has 102 valence electrons. The van der Waals surface area contributed by atoms with Crippen LogP contribution in [0.5, 0.6) is 0 Å². The maximum absolute atomic E-state index is 12.0. The first kappa shape index (κ1) is 12.9. The van der Waals surface area contributed by atoms with Gasteiger partial charge in [0.25, 0.3) is 5.91 Å². The summed E-state index contributed by atoms with van der Waals surface area (Å²) in [7, 11) is 1.21. The number of ether oxygens (including phenoxy) is 2. The average molecular weight is 268 g/mol. The molecule has 0 aliphatic carbocycles. The highest BCUT2D eigenvalue weighted by atomic mass is 16.5. The van der Waals surface area contributed by atoms with Crippen LogP contribution in [0.25, 0.3) is 0 Å². The molecule has 0 radical (unpaired) electrons. The Hall–Kier alpha value is -2.55. The van der Waals surface area contributed by atoms with Crippen LogP contribution < -0.4 is 10.9 Å². The Labute approximate surface area is 108 Å². The van der Waals surface area contributed by atoms with E-state index in [2.05, 4.69) is 15.6 Å². The quantitative estimate of drug-likeness (QED) is 0.497. The van der Waals surface area contributed by atoms with Gasteiger partial charge in [-0.3, -0.25) is 4.79 Å². The van der Waals surface area contributed by atoms with Gasteiger partial charge in [0.15, 0.2) is 0 Å². The van der Waals surface area contributed by atoms with Crippen LogP contribution in [-0.2, 0) is 19.1 Å². The third-order valence-corrected chi connectivity index (χ3v) is 2.36. The van der Waals surface area contributed by atoms with Gasteiger partial charge in [-0.15, -0.1) is 5.53 Å². The molecule has 9 nitrogen and oxygen atoms in total. The van der Waals surface area contributed by atoms with E-state index in [1.165, 1.54) is 19.5 Å². The van der Waals surface area contributed by atoms with Gasteiger partial charge < -0.3 is 14.8 Å². The molecule has 0 unspecified atom stereocenters. The summed E-state index contributed by atoms with van der Waals surface area (Å²) < 4.78 is 9.24. The predicted octanol–water partition coefficient (Wildman–Crippen LogP) is -0.834. The summed E-state index contributed by atoms with van der Waals surface area (Å²) in [5.41, 5.74) is 2.29. The molecule has 2 N–H and O–H groups in total. The zero-order chi connectivity index (χ0) is 14.0. The van der Waals surface area contributed by atoms with Gasteiger partial charge in [-0.1, -0.05) is 0 Å². The molecule has 19 heavy (non-hydrogen) atoms. The standard InChI is InChI=1S/C10H12N4O5/c1-3-19-9(16)6-4-11-7-5-13(10(17)18-2)12-14(7)8(6)15/h4-5,11-12H,3H2,1-2H3. The van der Waals surface area contributed by atoms with Gasteiger partial charge >= 0.3 is 12.1 Å². The molecule has 0 spiro atoms. The van der Waals surface area contributed by atoms with E-state index in [1.807, 2.05) is 0 Å². The van der Waals surface area contributed by atoms with Gasteiger partial charge in [-0.2, -0.15) is 5.01 Å². The molecule has 2 amide bonds. The Bertz CT molecular complexity index is 498. The number of fused-ring (bicyclic) bond motifs is 1. The Kier molecular flexibility index (Phi) is 3.38. The summed E-state index contributed by atoms with van der Waals surface area (Å²) in [6.07, 6.45) is 1.85. The predicted molar refractivity (Wildman–Crippen MR) is 60.2 cm³/mol. The third-order valence-electron chi connectivity index (χ3n) is 2.36. The van der Waals surface area contributed by atoms with E-state index in [4.69, 9.17) is 4.74 Å². The van der Waals surface area contributed by atoms with E-state index >= 15 is 0 Å². The Balaban J connectivity index is 2.14. The van der Waals surface area contributed by atoms with Crippen molar-refractivity contribution in [2.75, 3.05) is 13.7 Å². The van der Waals surface area contributed by atoms with Crippen LogP contribution in [0.1, 0.15) is 6.92 Å². The maximum atomic E-state index is 12.0. The van der Waals surface area contributed by atoms with Crippen molar-refractivity contribution < 1.29 is 23.9 Å². The molecular weight excluding hydrogens is 256 g/mol. The molecule has 0 fully saturated rings. The van der Waals surface area contributed by atoms with Gasteiger partial charge in [0.05, 0.1) is 19.9 Å². The number of carbonyl (C=O) groups excluding carboxylic acids is 3. The highest BCUT2D eigenvalue weighted by molar-refractivity contribution is 6.17. The van der Waals surface area contributed by atoms with E-state index in [0.29, 0.717) is 5.82 Å². The molecule has 2 rings (SSSR count). The number of nitrogens with zero attached hydrogens (tertiary/aromatic N) is 2. The fourth-order valence-corrected chi connectivity index (χ4v) is 1.50. The van der Waals surface area contributed by atoms with Crippen molar-refractivity contribution in [2.45, 2.75) is 6.92 Å². The van der Waals surface area contributed by atoms with Gasteiger partial charge in [0, 0.05) is 6.20 Å². The lowest BCUT2D eigenvalue weighted by atomic mass is 10.2. The Morgan fingerprint density at radius 3 is 2.79 bits per heavy atom. The van der Waals surface area contributed by atoms with E-state index in [9.17, 15) is 14.4 Å². The molecule has 0 aromatic carbocycles. The summed E-state index contributed by atoms with van der Waals surface area (Å²) in [4.78, 5) is 34.9. The zero-order valence-corrected chi connectivity index (χ0v) is 10.3. The van der Waals surface area contributed by atoms with Gasteiger partial charge in [0.2, 0.25) is 0 Å². The summed E-state index contributed by atoms with van der Waals surface area (Å²) in [5.74, 6) is -1.07. The molecule has 0 atom stereocenters. The van der Waals surface area contributed by atoms with Crippen molar-refractivity contribution in [2.24, 2.45) is 0 Å². The van der Waals surface area contributed by atoms with Crippen LogP contribution in [0.4, 0.5) is 4.79 Å². The molecule has 2 aliphatic rings. The number of hydrazine groups is 2. The van der Waals surface area contributed by atoms with Crippen molar-refractivity contribution in [3.05, 3.63) is 23.8 Å². The Morgan fingerprint density at radius 2 is 2.16 bits per heavy atom. The molecule has 0 bridgehead atoms. The molecule has 2 aliphatic heterocycles. The van der Waals surface area contributed by atoms with Gasteiger partial charge in [-0.25, -0.2) is 14.6 Å². The molecule has 0 aromatic heterocycles. The van der Waals surface area contributed by atoms with E-state index < -0.39 is 18.0 Å². The number of carbonyl (C=O) groups is 3. The molecule has 0 saturated carbocycles. The van der Waals surface area contributed by atoms with Crippen molar-refractivity contribution in [3.8, 4) is 0 Å². The summed E-state index contributed by atoms with van der Waals surface area (Å²) >= 11 is 0. The van der Waals surface area contributed by atoms with Gasteiger partial charge in [-0.05, 0) is 6.92 Å². The maximum Gasteiger partial charge on any atom is 0.429 e. The normalized spacial score (nSPS) is 17.3. The number of rotatable bonds is 2. The first-order valence-corrected chi connectivity index (χ1v) is 5.42. The second kappa shape index (κ2) is 4.98. The number of hydrogen-bond acceptors (Lipinski definition) is 7.